The molecule has 122 valence electrons. The van der Waals surface area contributed by atoms with Crippen LogP contribution in [0.2, 0.25) is 0 Å². The minimum atomic E-state index is -0.201. The third-order valence-corrected chi connectivity index (χ3v) is 3.44. The van der Waals surface area contributed by atoms with Gasteiger partial charge in [-0.2, -0.15) is 0 Å². The van der Waals surface area contributed by atoms with Crippen molar-refractivity contribution in [1.82, 2.24) is 20.3 Å². The second kappa shape index (κ2) is 7.50. The average molecular weight is 322 g/mol. The zero-order valence-electron chi connectivity index (χ0n) is 13.4. The molecule has 6 nitrogen and oxygen atoms in total. The molecule has 3 aromatic rings. The third kappa shape index (κ3) is 4.04. The van der Waals surface area contributed by atoms with Crippen molar-refractivity contribution < 1.29 is 9.21 Å². The van der Waals surface area contributed by atoms with Crippen LogP contribution < -0.4 is 5.32 Å². The van der Waals surface area contributed by atoms with Gasteiger partial charge >= 0.3 is 0 Å². The van der Waals surface area contributed by atoms with E-state index in [0.717, 1.165) is 29.9 Å². The van der Waals surface area contributed by atoms with Crippen LogP contribution in [-0.2, 0) is 6.42 Å². The zero-order valence-corrected chi connectivity index (χ0v) is 13.4. The maximum Gasteiger partial charge on any atom is 0.286 e. The molecule has 0 atom stereocenters. The van der Waals surface area contributed by atoms with Crippen molar-refractivity contribution in [2.75, 3.05) is 6.54 Å². The average Bonchev–Trinajstić information content (AvgIpc) is 3.14. The van der Waals surface area contributed by atoms with Crippen molar-refractivity contribution in [3.8, 4) is 11.5 Å². The fraction of sp³-hybridized carbons (Fsp3) is 0.222. The summed E-state index contributed by atoms with van der Waals surface area (Å²) in [5, 5.41) is 2.83. The van der Waals surface area contributed by atoms with Crippen LogP contribution in [0, 0.1) is 6.92 Å². The fourth-order valence-electron chi connectivity index (χ4n) is 2.34. The van der Waals surface area contributed by atoms with Crippen LogP contribution in [0.1, 0.15) is 28.4 Å². The highest BCUT2D eigenvalue weighted by atomic mass is 16.3. The Morgan fingerprint density at radius 1 is 1.21 bits per heavy atom. The van der Waals surface area contributed by atoms with Crippen molar-refractivity contribution in [3.05, 3.63) is 66.0 Å². The smallest absolute Gasteiger partial charge is 0.286 e. The molecule has 0 spiro atoms. The lowest BCUT2D eigenvalue weighted by Gasteiger charge is -2.06. The summed E-state index contributed by atoms with van der Waals surface area (Å²) in [4.78, 5) is 25.1. The van der Waals surface area contributed by atoms with Gasteiger partial charge in [0.2, 0.25) is 0 Å². The Hall–Kier alpha value is -3.02. The topological polar surface area (TPSA) is 80.9 Å². The van der Waals surface area contributed by atoms with Gasteiger partial charge in [-0.05, 0) is 50.1 Å². The number of pyridine rings is 1. The first kappa shape index (κ1) is 15.9. The molecule has 0 aliphatic carbocycles. The molecule has 6 heteroatoms. The van der Waals surface area contributed by atoms with Gasteiger partial charge in [0.1, 0.15) is 5.69 Å². The first-order valence-electron chi connectivity index (χ1n) is 7.80. The predicted molar refractivity (Wildman–Crippen MR) is 89.4 cm³/mol. The highest BCUT2D eigenvalue weighted by Crippen LogP contribution is 2.13. The van der Waals surface area contributed by atoms with E-state index in [9.17, 15) is 4.79 Å². The molecular weight excluding hydrogens is 304 g/mol. The molecule has 0 aliphatic heterocycles. The maximum absolute atomic E-state index is 11.8. The van der Waals surface area contributed by atoms with Crippen molar-refractivity contribution in [1.29, 1.82) is 0 Å². The number of aromatic nitrogens is 3. The molecular formula is C18H18N4O2. The summed E-state index contributed by atoms with van der Waals surface area (Å²) in [6.07, 6.45) is 4.74. The summed E-state index contributed by atoms with van der Waals surface area (Å²) in [5.41, 5.74) is 2.60. The van der Waals surface area contributed by atoms with Gasteiger partial charge in [-0.3, -0.25) is 9.78 Å². The van der Waals surface area contributed by atoms with Gasteiger partial charge in [-0.1, -0.05) is 6.07 Å². The molecule has 1 amide bonds. The van der Waals surface area contributed by atoms with Crippen molar-refractivity contribution in [2.45, 2.75) is 19.8 Å². The van der Waals surface area contributed by atoms with E-state index >= 15 is 0 Å². The molecule has 3 aromatic heterocycles. The van der Waals surface area contributed by atoms with E-state index in [1.807, 2.05) is 31.2 Å². The molecule has 3 rings (SSSR count). The minimum absolute atomic E-state index is 0.201. The summed E-state index contributed by atoms with van der Waals surface area (Å²) in [5.74, 6) is 0.753. The van der Waals surface area contributed by atoms with Gasteiger partial charge in [-0.15, -0.1) is 0 Å². The highest BCUT2D eigenvalue weighted by Gasteiger charge is 2.08. The molecule has 1 N–H and O–H groups in total. The van der Waals surface area contributed by atoms with Crippen LogP contribution in [0.3, 0.4) is 0 Å². The highest BCUT2D eigenvalue weighted by molar-refractivity contribution is 5.91. The lowest BCUT2D eigenvalue weighted by Crippen LogP contribution is -2.24. The Labute approximate surface area is 140 Å². The van der Waals surface area contributed by atoms with E-state index in [-0.39, 0.29) is 5.91 Å². The summed E-state index contributed by atoms with van der Waals surface area (Å²) in [6.45, 7) is 2.50. The molecule has 24 heavy (non-hydrogen) atoms. The molecule has 3 heterocycles. The number of rotatable bonds is 6. The van der Waals surface area contributed by atoms with Crippen molar-refractivity contribution in [2.24, 2.45) is 0 Å². The Kier molecular flexibility index (Phi) is 4.96. The number of hydrogen-bond acceptors (Lipinski definition) is 5. The molecule has 0 fully saturated rings. The van der Waals surface area contributed by atoms with Crippen LogP contribution in [0.5, 0.6) is 0 Å². The van der Waals surface area contributed by atoms with Crippen LogP contribution in [0.4, 0.5) is 0 Å². The number of carbonyl (C=O) groups is 1. The summed E-state index contributed by atoms with van der Waals surface area (Å²) >= 11 is 0. The van der Waals surface area contributed by atoms with Gasteiger partial charge in [-0.25, -0.2) is 9.97 Å². The molecule has 0 saturated heterocycles. The first-order valence-corrected chi connectivity index (χ1v) is 7.80. The summed E-state index contributed by atoms with van der Waals surface area (Å²) in [6, 6.07) is 11.0. The number of nitrogens with one attached hydrogen (secondary N) is 1. The van der Waals surface area contributed by atoms with E-state index in [0.29, 0.717) is 18.1 Å². The van der Waals surface area contributed by atoms with Gasteiger partial charge in [0.05, 0.1) is 6.26 Å². The molecule has 0 aromatic carbocycles. The number of furan rings is 1. The molecule has 0 aliphatic rings. The molecule has 0 saturated carbocycles. The van der Waals surface area contributed by atoms with E-state index in [1.165, 1.54) is 6.26 Å². The number of aryl methyl sites for hydroxylation is 2. The van der Waals surface area contributed by atoms with Crippen molar-refractivity contribution >= 4 is 5.91 Å². The SMILES string of the molecule is Cc1cc(CCCNC(=O)c2ccco2)nc(-c2ccccn2)n1. The standard InChI is InChI=1S/C18H18N4O2/c1-13-12-14(22-17(21-13)15-7-2-3-9-19-15)6-4-10-20-18(23)16-8-5-11-24-16/h2-3,5,7-9,11-12H,4,6,10H2,1H3,(H,20,23). The third-order valence-electron chi connectivity index (χ3n) is 3.44. The largest absolute Gasteiger partial charge is 0.459 e. The van der Waals surface area contributed by atoms with Crippen LogP contribution in [-0.4, -0.2) is 27.4 Å². The van der Waals surface area contributed by atoms with E-state index < -0.39 is 0 Å². The lowest BCUT2D eigenvalue weighted by molar-refractivity contribution is 0.0925. The van der Waals surface area contributed by atoms with Crippen LogP contribution in [0.25, 0.3) is 11.5 Å². The molecule has 0 unspecified atom stereocenters. The normalized spacial score (nSPS) is 10.5. The Morgan fingerprint density at radius 3 is 2.88 bits per heavy atom. The quantitative estimate of drug-likeness (QED) is 0.706. The number of amides is 1. The van der Waals surface area contributed by atoms with Gasteiger partial charge in [0.25, 0.3) is 5.91 Å². The Balaban J connectivity index is 1.57. The maximum atomic E-state index is 11.8. The fourth-order valence-corrected chi connectivity index (χ4v) is 2.34. The minimum Gasteiger partial charge on any atom is -0.459 e. The first-order chi connectivity index (χ1) is 11.7. The van der Waals surface area contributed by atoms with E-state index in [4.69, 9.17) is 4.42 Å². The van der Waals surface area contributed by atoms with Gasteiger partial charge in [0.15, 0.2) is 11.6 Å². The molecule has 0 bridgehead atoms. The van der Waals surface area contributed by atoms with Crippen LogP contribution in [0.15, 0.2) is 53.3 Å². The molecule has 0 radical (unpaired) electrons. The number of hydrogen-bond donors (Lipinski definition) is 1. The van der Waals surface area contributed by atoms with Gasteiger partial charge in [0, 0.05) is 24.1 Å². The number of nitrogens with zero attached hydrogens (tertiary/aromatic N) is 3. The second-order valence-electron chi connectivity index (χ2n) is 5.38. The van der Waals surface area contributed by atoms with E-state index in [1.54, 1.807) is 18.3 Å². The van der Waals surface area contributed by atoms with E-state index in [2.05, 4.69) is 20.3 Å². The second-order valence-corrected chi connectivity index (χ2v) is 5.38. The monoisotopic (exact) mass is 322 g/mol. The predicted octanol–water partition coefficient (Wildman–Crippen LogP) is 2.80. The Bertz CT molecular complexity index is 801. The number of carbonyl (C=O) groups excluding carboxylic acids is 1. The van der Waals surface area contributed by atoms with Gasteiger partial charge < -0.3 is 9.73 Å². The van der Waals surface area contributed by atoms with Crippen LogP contribution >= 0.6 is 0 Å². The Morgan fingerprint density at radius 2 is 2.12 bits per heavy atom. The summed E-state index contributed by atoms with van der Waals surface area (Å²) < 4.78 is 5.05. The van der Waals surface area contributed by atoms with Crippen molar-refractivity contribution in [3.63, 3.8) is 0 Å². The lowest BCUT2D eigenvalue weighted by atomic mass is 10.2. The zero-order chi connectivity index (χ0) is 16.8. The summed E-state index contributed by atoms with van der Waals surface area (Å²) in [7, 11) is 0.